The molecule has 3 rings (SSSR count). The number of amides is 3. The fraction of sp³-hybridized carbons (Fsp3) is 0.346. The standard InChI is InChI=1S/C26H26BrFN2O7/c1-25(2,3)37-21(32)13-29-20(31)12-26(24(35)36-4)18-8-6-5-7-17(18)22(33)30(23(26)34)14-15-9-10-16(27)11-19(15)28/h5-11H,12-14H2,1-4H3,(H,29,31). The molecule has 2 aromatic rings. The van der Waals surface area contributed by atoms with Crippen molar-refractivity contribution in [2.45, 2.75) is 44.8 Å². The zero-order chi connectivity index (χ0) is 27.5. The Kier molecular flexibility index (Phi) is 8.16. The van der Waals surface area contributed by atoms with Gasteiger partial charge in [-0.15, -0.1) is 0 Å². The summed E-state index contributed by atoms with van der Waals surface area (Å²) in [6.07, 6.45) is -0.759. The van der Waals surface area contributed by atoms with Gasteiger partial charge in [-0.3, -0.25) is 28.9 Å². The summed E-state index contributed by atoms with van der Waals surface area (Å²) in [6, 6.07) is 9.97. The van der Waals surface area contributed by atoms with Crippen molar-refractivity contribution in [2.24, 2.45) is 0 Å². The molecule has 196 valence electrons. The van der Waals surface area contributed by atoms with Crippen molar-refractivity contribution < 1.29 is 37.8 Å². The molecule has 1 aliphatic rings. The molecule has 0 aromatic heterocycles. The van der Waals surface area contributed by atoms with Crippen LogP contribution in [-0.4, -0.2) is 53.8 Å². The lowest BCUT2D eigenvalue weighted by Crippen LogP contribution is -2.59. The molecule has 0 radical (unpaired) electrons. The predicted octanol–water partition coefficient (Wildman–Crippen LogP) is 3.03. The molecule has 3 amide bonds. The number of halogens is 2. The van der Waals surface area contributed by atoms with Gasteiger partial charge in [0.25, 0.3) is 11.8 Å². The van der Waals surface area contributed by atoms with Gasteiger partial charge in [-0.1, -0.05) is 40.2 Å². The third-order valence-electron chi connectivity index (χ3n) is 5.63. The van der Waals surface area contributed by atoms with Crippen molar-refractivity contribution in [2.75, 3.05) is 13.7 Å². The van der Waals surface area contributed by atoms with Gasteiger partial charge < -0.3 is 14.8 Å². The first-order valence-corrected chi connectivity index (χ1v) is 12.1. The van der Waals surface area contributed by atoms with Crippen LogP contribution in [0.1, 0.15) is 48.7 Å². The maximum atomic E-state index is 14.6. The zero-order valence-electron chi connectivity index (χ0n) is 20.7. The number of hydrogen-bond acceptors (Lipinski definition) is 7. The normalized spacial score (nSPS) is 17.2. The van der Waals surface area contributed by atoms with E-state index in [1.54, 1.807) is 26.8 Å². The minimum Gasteiger partial charge on any atom is -0.468 e. The van der Waals surface area contributed by atoms with Crippen LogP contribution >= 0.6 is 15.9 Å². The van der Waals surface area contributed by atoms with E-state index in [4.69, 9.17) is 9.47 Å². The minimum atomic E-state index is -2.25. The summed E-state index contributed by atoms with van der Waals surface area (Å²) in [7, 11) is 1.05. The highest BCUT2D eigenvalue weighted by Crippen LogP contribution is 2.40. The average molecular weight is 577 g/mol. The van der Waals surface area contributed by atoms with Crippen molar-refractivity contribution in [3.8, 4) is 0 Å². The Labute approximate surface area is 221 Å². The van der Waals surface area contributed by atoms with Crippen LogP contribution in [0, 0.1) is 5.82 Å². The molecule has 37 heavy (non-hydrogen) atoms. The van der Waals surface area contributed by atoms with Crippen LogP contribution in [0.5, 0.6) is 0 Å². The summed E-state index contributed by atoms with van der Waals surface area (Å²) in [4.78, 5) is 66.1. The second-order valence-corrected chi connectivity index (χ2v) is 10.3. The number of rotatable bonds is 7. The minimum absolute atomic E-state index is 0.00929. The predicted molar refractivity (Wildman–Crippen MR) is 133 cm³/mol. The molecule has 1 unspecified atom stereocenters. The van der Waals surface area contributed by atoms with Crippen LogP contribution in [0.25, 0.3) is 0 Å². The van der Waals surface area contributed by atoms with E-state index in [0.29, 0.717) is 4.47 Å². The molecular formula is C26H26BrFN2O7. The number of esters is 2. The molecule has 0 bridgehead atoms. The SMILES string of the molecule is COC(=O)C1(CC(=O)NCC(=O)OC(C)(C)C)C(=O)N(Cc2ccc(Br)cc2F)C(=O)c2ccccc21. The first kappa shape index (κ1) is 28.0. The van der Waals surface area contributed by atoms with Crippen molar-refractivity contribution in [1.29, 1.82) is 0 Å². The lowest BCUT2D eigenvalue weighted by Gasteiger charge is -2.39. The van der Waals surface area contributed by atoms with Crippen LogP contribution in [-0.2, 0) is 40.6 Å². The second-order valence-electron chi connectivity index (χ2n) is 9.41. The van der Waals surface area contributed by atoms with Crippen LogP contribution in [0.3, 0.4) is 0 Å². The number of hydrogen-bond donors (Lipinski definition) is 1. The van der Waals surface area contributed by atoms with Crippen LogP contribution in [0.2, 0.25) is 0 Å². The fourth-order valence-electron chi connectivity index (χ4n) is 4.06. The topological polar surface area (TPSA) is 119 Å². The largest absolute Gasteiger partial charge is 0.468 e. The first-order chi connectivity index (χ1) is 17.3. The molecule has 1 N–H and O–H groups in total. The maximum Gasteiger partial charge on any atom is 0.326 e. The molecule has 1 aliphatic heterocycles. The monoisotopic (exact) mass is 576 g/mol. The van der Waals surface area contributed by atoms with Gasteiger partial charge in [0, 0.05) is 15.6 Å². The van der Waals surface area contributed by atoms with Crippen molar-refractivity contribution >= 4 is 45.6 Å². The maximum absolute atomic E-state index is 14.6. The van der Waals surface area contributed by atoms with Gasteiger partial charge >= 0.3 is 11.9 Å². The number of nitrogens with zero attached hydrogens (tertiary/aromatic N) is 1. The number of carbonyl (C=O) groups is 5. The summed E-state index contributed by atoms with van der Waals surface area (Å²) >= 11 is 3.15. The van der Waals surface area contributed by atoms with Crippen molar-refractivity contribution in [1.82, 2.24) is 10.2 Å². The summed E-state index contributed by atoms with van der Waals surface area (Å²) in [5, 5.41) is 2.36. The van der Waals surface area contributed by atoms with Gasteiger partial charge in [0.2, 0.25) is 5.91 Å². The van der Waals surface area contributed by atoms with Crippen molar-refractivity contribution in [3.63, 3.8) is 0 Å². The van der Waals surface area contributed by atoms with E-state index in [-0.39, 0.29) is 16.7 Å². The summed E-state index contributed by atoms with van der Waals surface area (Å²) in [5.74, 6) is -5.09. The van der Waals surface area contributed by atoms with Crippen LogP contribution < -0.4 is 5.32 Å². The van der Waals surface area contributed by atoms with E-state index in [0.717, 1.165) is 12.0 Å². The molecule has 0 saturated heterocycles. The van der Waals surface area contributed by atoms with Gasteiger partial charge in [0.15, 0.2) is 5.41 Å². The second kappa shape index (κ2) is 10.8. The molecular weight excluding hydrogens is 551 g/mol. The summed E-state index contributed by atoms with van der Waals surface area (Å²) in [6.45, 7) is 4.00. The molecule has 9 nitrogen and oxygen atoms in total. The Bertz CT molecular complexity index is 1270. The lowest BCUT2D eigenvalue weighted by atomic mass is 9.71. The number of benzene rings is 2. The molecule has 0 spiro atoms. The molecule has 0 fully saturated rings. The number of ether oxygens (including phenoxy) is 2. The van der Waals surface area contributed by atoms with Crippen molar-refractivity contribution in [3.05, 3.63) is 69.4 Å². The number of carbonyl (C=O) groups excluding carboxylic acids is 5. The number of methoxy groups -OCH3 is 1. The molecule has 0 saturated carbocycles. The molecule has 1 atom stereocenters. The van der Waals surface area contributed by atoms with E-state index < -0.39 is 66.0 Å². The highest BCUT2D eigenvalue weighted by Gasteiger charge is 2.58. The lowest BCUT2D eigenvalue weighted by molar-refractivity contribution is -0.158. The van der Waals surface area contributed by atoms with Crippen LogP contribution in [0.4, 0.5) is 4.39 Å². The smallest absolute Gasteiger partial charge is 0.326 e. The van der Waals surface area contributed by atoms with E-state index in [9.17, 15) is 28.4 Å². The summed E-state index contributed by atoms with van der Waals surface area (Å²) < 4.78 is 25.2. The van der Waals surface area contributed by atoms with Gasteiger partial charge in [-0.05, 0) is 44.5 Å². The quantitative estimate of drug-likeness (QED) is 0.305. The molecule has 2 aromatic carbocycles. The van der Waals surface area contributed by atoms with E-state index >= 15 is 0 Å². The van der Waals surface area contributed by atoms with Gasteiger partial charge in [0.1, 0.15) is 18.0 Å². The Morgan fingerprint density at radius 1 is 1.11 bits per heavy atom. The zero-order valence-corrected chi connectivity index (χ0v) is 22.3. The molecule has 11 heteroatoms. The number of imide groups is 1. The third-order valence-corrected chi connectivity index (χ3v) is 6.12. The van der Waals surface area contributed by atoms with Gasteiger partial charge in [0.05, 0.1) is 20.1 Å². The van der Waals surface area contributed by atoms with Gasteiger partial charge in [-0.2, -0.15) is 0 Å². The average Bonchev–Trinajstić information content (AvgIpc) is 2.82. The van der Waals surface area contributed by atoms with Crippen LogP contribution in [0.15, 0.2) is 46.9 Å². The Morgan fingerprint density at radius 3 is 2.41 bits per heavy atom. The first-order valence-electron chi connectivity index (χ1n) is 11.3. The Balaban J connectivity index is 2.02. The number of fused-ring (bicyclic) bond motifs is 1. The Morgan fingerprint density at radius 2 is 1.78 bits per heavy atom. The fourth-order valence-corrected chi connectivity index (χ4v) is 4.39. The third kappa shape index (κ3) is 5.87. The van der Waals surface area contributed by atoms with E-state index in [2.05, 4.69) is 21.2 Å². The molecule has 1 heterocycles. The molecule has 0 aliphatic carbocycles. The number of nitrogens with one attached hydrogen (secondary N) is 1. The Hall–Kier alpha value is -3.60. The summed E-state index contributed by atoms with van der Waals surface area (Å²) in [5.41, 5.74) is -3.03. The highest BCUT2D eigenvalue weighted by atomic mass is 79.9. The van der Waals surface area contributed by atoms with E-state index in [1.807, 2.05) is 0 Å². The van der Waals surface area contributed by atoms with Gasteiger partial charge in [-0.25, -0.2) is 4.39 Å². The highest BCUT2D eigenvalue weighted by molar-refractivity contribution is 9.10. The van der Waals surface area contributed by atoms with E-state index in [1.165, 1.54) is 36.4 Å².